The molecule has 3 unspecified atom stereocenters. The van der Waals surface area contributed by atoms with E-state index < -0.39 is 29.4 Å². The molecule has 3 aliphatic rings. The molecule has 8 rings (SSSR count). The fraction of sp³-hybridized carbons (Fsp3) is 0.323. The van der Waals surface area contributed by atoms with Crippen LogP contribution in [0.4, 0.5) is 0 Å². The highest BCUT2D eigenvalue weighted by Gasteiger charge is 2.50. The molecule has 1 fully saturated rings. The molecule has 0 bridgehead atoms. The number of hydrogen-bond acceptors (Lipinski definition) is 6. The number of amides is 3. The van der Waals surface area contributed by atoms with Crippen LogP contribution >= 0.6 is 0 Å². The number of carbonyl (C=O) groups excluding carboxylic acids is 3. The van der Waals surface area contributed by atoms with Gasteiger partial charge in [-0.05, 0) is 32.6 Å². The number of likely N-dealkylation sites (tertiary alicyclic amines) is 1. The summed E-state index contributed by atoms with van der Waals surface area (Å²) in [6.45, 7) is 0.681. The van der Waals surface area contributed by atoms with E-state index in [1.807, 2.05) is 71.8 Å². The maximum Gasteiger partial charge on any atom is 0.259 e. The highest BCUT2D eigenvalue weighted by molar-refractivity contribution is 6.39. The van der Waals surface area contributed by atoms with Gasteiger partial charge in [0.1, 0.15) is 6.10 Å². The third kappa shape index (κ3) is 3.04. The fourth-order valence-corrected chi connectivity index (χ4v) is 7.39. The Labute approximate surface area is 234 Å². The normalized spacial score (nSPS) is 24.3. The summed E-state index contributed by atoms with van der Waals surface area (Å²) in [6, 6.07) is 15.2. The predicted molar refractivity (Wildman–Crippen MR) is 154 cm³/mol. The first-order valence-electron chi connectivity index (χ1n) is 13.9. The van der Waals surface area contributed by atoms with Crippen molar-refractivity contribution in [3.8, 4) is 0 Å². The zero-order valence-electron chi connectivity index (χ0n) is 22.7. The average Bonchev–Trinajstić information content (AvgIpc) is 3.71. The molecule has 10 nitrogen and oxygen atoms in total. The van der Waals surface area contributed by atoms with Gasteiger partial charge < -0.3 is 29.1 Å². The van der Waals surface area contributed by atoms with E-state index in [0.29, 0.717) is 51.5 Å². The third-order valence-corrected chi connectivity index (χ3v) is 9.45. The third-order valence-electron chi connectivity index (χ3n) is 9.45. The second-order valence-electron chi connectivity index (χ2n) is 11.8. The number of nitrogens with one attached hydrogen (secondary N) is 1. The van der Waals surface area contributed by atoms with Crippen LogP contribution in [-0.4, -0.2) is 91.8 Å². The summed E-state index contributed by atoms with van der Waals surface area (Å²) in [5, 5.41) is 29.3. The van der Waals surface area contributed by atoms with Gasteiger partial charge in [0.25, 0.3) is 17.7 Å². The quantitative estimate of drug-likeness (QED) is 0.289. The van der Waals surface area contributed by atoms with Gasteiger partial charge in [-0.2, -0.15) is 0 Å². The number of rotatable bonds is 2. The Bertz CT molecular complexity index is 2000. The van der Waals surface area contributed by atoms with Gasteiger partial charge >= 0.3 is 0 Å². The fourth-order valence-electron chi connectivity index (χ4n) is 7.39. The van der Waals surface area contributed by atoms with Crippen molar-refractivity contribution in [2.45, 2.75) is 37.3 Å². The molecule has 3 aliphatic heterocycles. The van der Waals surface area contributed by atoms with Gasteiger partial charge in [-0.1, -0.05) is 36.4 Å². The Morgan fingerprint density at radius 1 is 0.902 bits per heavy atom. The smallest absolute Gasteiger partial charge is 0.259 e. The van der Waals surface area contributed by atoms with Gasteiger partial charge in [-0.3, -0.25) is 19.7 Å². The highest BCUT2D eigenvalue weighted by atomic mass is 16.4. The van der Waals surface area contributed by atoms with Crippen molar-refractivity contribution in [3.63, 3.8) is 0 Å². The van der Waals surface area contributed by atoms with Gasteiger partial charge in [-0.25, -0.2) is 0 Å². The molecule has 5 heterocycles. The van der Waals surface area contributed by atoms with Crippen molar-refractivity contribution >= 4 is 61.3 Å². The molecule has 10 heteroatoms. The minimum absolute atomic E-state index is 0.0673. The Balaban J connectivity index is 1.49. The number of aliphatic hydroxyl groups excluding tert-OH is 1. The molecule has 3 aromatic carbocycles. The average molecular weight is 552 g/mol. The standard InChI is InChI=1S/C31H29N5O5/c1-33(2)16-11-12-34(13-16)30(40)31(41)15-36-20-10-6-4-8-18(20)23-25-24(28(38)32-29(25)39)22-17-7-3-5-9-19(17)35(14-21(31)37)26(22)27(23)36/h3-10,16,21,37,41H,11-15H2,1-2H3,(H,32,38,39). The summed E-state index contributed by atoms with van der Waals surface area (Å²) in [6.07, 6.45) is -0.664. The van der Waals surface area contributed by atoms with Crippen LogP contribution in [0.1, 0.15) is 27.1 Å². The monoisotopic (exact) mass is 551 g/mol. The molecule has 0 aliphatic carbocycles. The maximum absolute atomic E-state index is 14.1. The number of imide groups is 1. The predicted octanol–water partition coefficient (Wildman–Crippen LogP) is 2.05. The van der Waals surface area contributed by atoms with Crippen LogP contribution in [0, 0.1) is 0 Å². The van der Waals surface area contributed by atoms with Gasteiger partial charge in [0, 0.05) is 51.7 Å². The first kappa shape index (κ1) is 24.5. The van der Waals surface area contributed by atoms with E-state index >= 15 is 0 Å². The lowest BCUT2D eigenvalue weighted by molar-refractivity contribution is -0.167. The van der Waals surface area contributed by atoms with E-state index in [4.69, 9.17) is 0 Å². The van der Waals surface area contributed by atoms with E-state index in [-0.39, 0.29) is 19.1 Å². The summed E-state index contributed by atoms with van der Waals surface area (Å²) in [4.78, 5) is 44.5. The Morgan fingerprint density at radius 2 is 1.46 bits per heavy atom. The van der Waals surface area contributed by atoms with E-state index in [9.17, 15) is 24.6 Å². The second-order valence-corrected chi connectivity index (χ2v) is 11.8. The SMILES string of the molecule is CN(C)C1CCN(C(=O)C2(O)Cn3c4ccccc4c4c5c(c6c7ccccc7n(c6c43)CC2O)C(=O)NC5=O)C1. The lowest BCUT2D eigenvalue weighted by Gasteiger charge is -2.37. The largest absolute Gasteiger partial charge is 0.388 e. The molecule has 3 N–H and O–H groups in total. The van der Waals surface area contributed by atoms with E-state index in [1.165, 1.54) is 0 Å². The molecule has 0 spiro atoms. The number of nitrogens with zero attached hydrogens (tertiary/aromatic N) is 4. The van der Waals surface area contributed by atoms with Crippen molar-refractivity contribution in [1.29, 1.82) is 0 Å². The number of hydrogen-bond donors (Lipinski definition) is 3. The summed E-state index contributed by atoms with van der Waals surface area (Å²) in [7, 11) is 3.94. The minimum atomic E-state index is -2.14. The highest BCUT2D eigenvalue weighted by Crippen LogP contribution is 2.46. The van der Waals surface area contributed by atoms with Crippen molar-refractivity contribution < 1.29 is 24.6 Å². The summed E-state index contributed by atoms with van der Waals surface area (Å²) < 4.78 is 3.76. The summed E-state index contributed by atoms with van der Waals surface area (Å²) in [5.41, 5.74) is 1.29. The van der Waals surface area contributed by atoms with E-state index in [1.54, 1.807) is 4.90 Å². The number of carbonyl (C=O) groups is 3. The van der Waals surface area contributed by atoms with Gasteiger partial charge in [0.2, 0.25) is 0 Å². The van der Waals surface area contributed by atoms with Crippen LogP contribution < -0.4 is 5.32 Å². The first-order chi connectivity index (χ1) is 19.7. The molecule has 1 saturated heterocycles. The maximum atomic E-state index is 14.1. The van der Waals surface area contributed by atoms with Gasteiger partial charge in [0.05, 0.1) is 35.2 Å². The lowest BCUT2D eigenvalue weighted by atomic mass is 9.92. The van der Waals surface area contributed by atoms with Crippen LogP contribution in [-0.2, 0) is 17.9 Å². The van der Waals surface area contributed by atoms with Crippen LogP contribution in [0.15, 0.2) is 48.5 Å². The topological polar surface area (TPSA) is 120 Å². The van der Waals surface area contributed by atoms with Crippen molar-refractivity contribution in [3.05, 3.63) is 59.7 Å². The molecule has 5 aromatic rings. The van der Waals surface area contributed by atoms with Crippen molar-refractivity contribution in [2.75, 3.05) is 27.2 Å². The van der Waals surface area contributed by atoms with Crippen LogP contribution in [0.2, 0.25) is 0 Å². The van der Waals surface area contributed by atoms with Crippen molar-refractivity contribution in [1.82, 2.24) is 24.3 Å². The number of fused-ring (bicyclic) bond motifs is 9. The minimum Gasteiger partial charge on any atom is -0.388 e. The molecule has 3 amide bonds. The van der Waals surface area contributed by atoms with Crippen molar-refractivity contribution in [2.24, 2.45) is 0 Å². The molecule has 3 atom stereocenters. The summed E-state index contributed by atoms with van der Waals surface area (Å²) in [5.74, 6) is -1.43. The molecule has 41 heavy (non-hydrogen) atoms. The number of likely N-dealkylation sites (N-methyl/N-ethyl adjacent to an activating group) is 1. The number of aromatic nitrogens is 2. The molecule has 0 radical (unpaired) electrons. The van der Waals surface area contributed by atoms with Gasteiger partial charge in [-0.15, -0.1) is 0 Å². The van der Waals surface area contributed by atoms with E-state index in [2.05, 4.69) is 10.2 Å². The zero-order chi connectivity index (χ0) is 28.4. The number of benzene rings is 3. The van der Waals surface area contributed by atoms with Crippen LogP contribution in [0.25, 0.3) is 43.6 Å². The van der Waals surface area contributed by atoms with Crippen LogP contribution in [0.3, 0.4) is 0 Å². The lowest BCUT2D eigenvalue weighted by Crippen LogP contribution is -2.59. The Kier molecular flexibility index (Phi) is 4.88. The Morgan fingerprint density at radius 3 is 2.05 bits per heavy atom. The van der Waals surface area contributed by atoms with Crippen LogP contribution in [0.5, 0.6) is 0 Å². The molecular weight excluding hydrogens is 522 g/mol. The molecular formula is C31H29N5O5. The van der Waals surface area contributed by atoms with E-state index in [0.717, 1.165) is 22.7 Å². The second kappa shape index (κ2) is 8.16. The molecule has 2 aromatic heterocycles. The molecule has 208 valence electrons. The summed E-state index contributed by atoms with van der Waals surface area (Å²) >= 11 is 0. The number of aliphatic hydroxyl groups is 2. The Hall–Kier alpha value is -4.25. The molecule has 0 saturated carbocycles. The van der Waals surface area contributed by atoms with Gasteiger partial charge in [0.15, 0.2) is 5.60 Å². The first-order valence-corrected chi connectivity index (χ1v) is 13.9. The zero-order valence-corrected chi connectivity index (χ0v) is 22.7. The number of para-hydroxylation sites is 2.